The molecular weight excluding hydrogens is 453 g/mol. The predicted molar refractivity (Wildman–Crippen MR) is 138 cm³/mol. The Hall–Kier alpha value is -4.65. The molecule has 0 aliphatic heterocycles. The predicted octanol–water partition coefficient (Wildman–Crippen LogP) is 5.91. The molecule has 3 aromatic heterocycles. The number of hydrogen-bond acceptors (Lipinski definition) is 4. The first-order valence-corrected chi connectivity index (χ1v) is 11.8. The molecule has 7 heteroatoms. The van der Waals surface area contributed by atoms with Gasteiger partial charge < -0.3 is 9.72 Å². The van der Waals surface area contributed by atoms with E-state index in [-0.39, 0.29) is 11.7 Å². The average Bonchev–Trinajstić information content (AvgIpc) is 3.39. The summed E-state index contributed by atoms with van der Waals surface area (Å²) < 4.78 is 16.7. The lowest BCUT2D eigenvalue weighted by molar-refractivity contribution is 0.0951. The molecule has 1 aliphatic rings. The molecule has 0 bridgehead atoms. The Labute approximate surface area is 206 Å². The average molecular weight is 476 g/mol. The lowest BCUT2D eigenvalue weighted by atomic mass is 9.98. The standard InChI is InChI=1S/C29H22FN5O/c30-23-9-5-4-8-22(23)28-27(20-6-2-1-3-7-20)33-24-12-11-21(16-25(24)34-28)29(36)32-17-19-10-13-26-31-14-15-35(26)18-19/h1-3,6-16,18H,4-5,17H2,(H,32,36). The van der Waals surface area contributed by atoms with E-state index in [0.717, 1.165) is 23.2 Å². The van der Waals surface area contributed by atoms with Gasteiger partial charge in [0.2, 0.25) is 0 Å². The molecule has 3 heterocycles. The number of rotatable bonds is 5. The Morgan fingerprint density at radius 1 is 0.944 bits per heavy atom. The van der Waals surface area contributed by atoms with Crippen LogP contribution in [0.5, 0.6) is 0 Å². The van der Waals surface area contributed by atoms with Crippen LogP contribution in [0.2, 0.25) is 0 Å². The molecule has 1 N–H and O–H groups in total. The van der Waals surface area contributed by atoms with Gasteiger partial charge in [0.15, 0.2) is 0 Å². The second kappa shape index (κ2) is 9.19. The number of imidazole rings is 1. The molecule has 6 nitrogen and oxygen atoms in total. The molecule has 1 aliphatic carbocycles. The molecule has 0 fully saturated rings. The molecule has 0 radical (unpaired) electrons. The van der Waals surface area contributed by atoms with Crippen LogP contribution < -0.4 is 5.32 Å². The van der Waals surface area contributed by atoms with Crippen LogP contribution in [-0.2, 0) is 6.54 Å². The van der Waals surface area contributed by atoms with E-state index in [4.69, 9.17) is 9.97 Å². The summed E-state index contributed by atoms with van der Waals surface area (Å²) in [5.41, 5.74) is 5.85. The number of amides is 1. The number of nitrogens with zero attached hydrogens (tertiary/aromatic N) is 4. The Balaban J connectivity index is 1.34. The highest BCUT2D eigenvalue weighted by atomic mass is 19.1. The number of carbonyl (C=O) groups excluding carboxylic acids is 1. The topological polar surface area (TPSA) is 72.2 Å². The summed E-state index contributed by atoms with van der Waals surface area (Å²) in [6.07, 6.45) is 10.4. The minimum Gasteiger partial charge on any atom is -0.348 e. The van der Waals surface area contributed by atoms with Crippen molar-refractivity contribution in [3.05, 3.63) is 114 Å². The number of benzene rings is 2. The number of fused-ring (bicyclic) bond motifs is 2. The van der Waals surface area contributed by atoms with Crippen LogP contribution in [0, 0.1) is 0 Å². The Kier molecular flexibility index (Phi) is 5.58. The highest BCUT2D eigenvalue weighted by molar-refractivity contribution is 5.98. The zero-order valence-corrected chi connectivity index (χ0v) is 19.4. The van der Waals surface area contributed by atoms with Crippen molar-refractivity contribution in [1.29, 1.82) is 0 Å². The molecule has 5 aromatic rings. The van der Waals surface area contributed by atoms with E-state index in [2.05, 4.69) is 10.3 Å². The summed E-state index contributed by atoms with van der Waals surface area (Å²) in [5.74, 6) is -0.517. The van der Waals surface area contributed by atoms with E-state index in [1.54, 1.807) is 30.5 Å². The monoisotopic (exact) mass is 475 g/mol. The molecule has 6 rings (SSSR count). The quantitative estimate of drug-likeness (QED) is 0.343. The lowest BCUT2D eigenvalue weighted by Gasteiger charge is -2.15. The third-order valence-electron chi connectivity index (χ3n) is 6.23. The minimum absolute atomic E-state index is 0.221. The molecule has 36 heavy (non-hydrogen) atoms. The van der Waals surface area contributed by atoms with Crippen molar-refractivity contribution in [3.8, 4) is 11.3 Å². The maximum atomic E-state index is 14.8. The van der Waals surface area contributed by atoms with Gasteiger partial charge >= 0.3 is 0 Å². The van der Waals surface area contributed by atoms with E-state index in [9.17, 15) is 9.18 Å². The number of pyridine rings is 1. The van der Waals surface area contributed by atoms with E-state index < -0.39 is 0 Å². The molecule has 0 spiro atoms. The van der Waals surface area contributed by atoms with Crippen molar-refractivity contribution in [1.82, 2.24) is 24.7 Å². The van der Waals surface area contributed by atoms with Gasteiger partial charge in [0.05, 0.1) is 22.4 Å². The third-order valence-corrected chi connectivity index (χ3v) is 6.23. The molecular formula is C29H22FN5O. The van der Waals surface area contributed by atoms with Gasteiger partial charge in [0, 0.05) is 41.8 Å². The van der Waals surface area contributed by atoms with Crippen molar-refractivity contribution in [2.75, 3.05) is 0 Å². The summed E-state index contributed by atoms with van der Waals surface area (Å²) in [5, 5.41) is 2.96. The van der Waals surface area contributed by atoms with Crippen molar-refractivity contribution >= 4 is 28.2 Å². The van der Waals surface area contributed by atoms with Crippen LogP contribution in [0.25, 0.3) is 33.5 Å². The van der Waals surface area contributed by atoms with Gasteiger partial charge in [0.25, 0.3) is 5.91 Å². The normalized spacial score (nSPS) is 13.5. The molecule has 0 saturated heterocycles. The van der Waals surface area contributed by atoms with E-state index >= 15 is 0 Å². The van der Waals surface area contributed by atoms with Crippen molar-refractivity contribution in [2.24, 2.45) is 0 Å². The fourth-order valence-electron chi connectivity index (χ4n) is 4.39. The molecule has 0 unspecified atom stereocenters. The molecule has 0 saturated carbocycles. The summed E-state index contributed by atoms with van der Waals surface area (Å²) in [7, 11) is 0. The number of halogens is 1. The number of aromatic nitrogens is 4. The first-order chi connectivity index (χ1) is 17.7. The van der Waals surface area contributed by atoms with Crippen molar-refractivity contribution in [3.63, 3.8) is 0 Å². The van der Waals surface area contributed by atoms with E-state index in [1.165, 1.54) is 0 Å². The molecule has 0 atom stereocenters. The maximum Gasteiger partial charge on any atom is 0.251 e. The van der Waals surface area contributed by atoms with Crippen LogP contribution in [-0.4, -0.2) is 25.3 Å². The number of carbonyl (C=O) groups is 1. The van der Waals surface area contributed by atoms with Gasteiger partial charge in [-0.25, -0.2) is 19.3 Å². The molecule has 176 valence electrons. The highest BCUT2D eigenvalue weighted by Gasteiger charge is 2.20. The SMILES string of the molecule is O=C(NCc1ccc2nccn2c1)c1ccc2nc(-c3ccccc3)c(C3=CCCC=C3F)nc2c1. The van der Waals surface area contributed by atoms with Crippen LogP contribution in [0.15, 0.2) is 97.2 Å². The third kappa shape index (κ3) is 4.15. The Morgan fingerprint density at radius 2 is 1.78 bits per heavy atom. The summed E-state index contributed by atoms with van der Waals surface area (Å²) in [6, 6.07) is 18.7. The van der Waals surface area contributed by atoms with Crippen LogP contribution in [0.1, 0.15) is 34.5 Å². The number of nitrogens with one attached hydrogen (secondary N) is 1. The summed E-state index contributed by atoms with van der Waals surface area (Å²) >= 11 is 0. The largest absolute Gasteiger partial charge is 0.348 e. The second-order valence-electron chi connectivity index (χ2n) is 8.65. The number of hydrogen-bond donors (Lipinski definition) is 1. The fraction of sp³-hybridized carbons (Fsp3) is 0.103. The number of allylic oxidation sites excluding steroid dienone is 4. The van der Waals surface area contributed by atoms with Gasteiger partial charge in [-0.15, -0.1) is 0 Å². The first kappa shape index (κ1) is 21.9. The first-order valence-electron chi connectivity index (χ1n) is 11.8. The zero-order chi connectivity index (χ0) is 24.5. The molecule has 2 aromatic carbocycles. The summed E-state index contributed by atoms with van der Waals surface area (Å²) in [6.45, 7) is 0.373. The van der Waals surface area contributed by atoms with E-state index in [1.807, 2.05) is 65.3 Å². The van der Waals surface area contributed by atoms with Crippen molar-refractivity contribution < 1.29 is 9.18 Å². The minimum atomic E-state index is -0.296. The van der Waals surface area contributed by atoms with Crippen LogP contribution >= 0.6 is 0 Å². The highest BCUT2D eigenvalue weighted by Crippen LogP contribution is 2.35. The van der Waals surface area contributed by atoms with Gasteiger partial charge in [-0.1, -0.05) is 42.5 Å². The van der Waals surface area contributed by atoms with Gasteiger partial charge in [0.1, 0.15) is 11.5 Å². The van der Waals surface area contributed by atoms with Crippen LogP contribution in [0.3, 0.4) is 0 Å². The molecule has 1 amide bonds. The van der Waals surface area contributed by atoms with Crippen LogP contribution in [0.4, 0.5) is 4.39 Å². The Morgan fingerprint density at radius 3 is 2.64 bits per heavy atom. The smallest absolute Gasteiger partial charge is 0.251 e. The van der Waals surface area contributed by atoms with Gasteiger partial charge in [-0.05, 0) is 48.7 Å². The zero-order valence-electron chi connectivity index (χ0n) is 19.4. The Bertz CT molecular complexity index is 1670. The maximum absolute atomic E-state index is 14.8. The second-order valence-corrected chi connectivity index (χ2v) is 8.65. The van der Waals surface area contributed by atoms with Crippen molar-refractivity contribution in [2.45, 2.75) is 19.4 Å². The fourth-order valence-corrected chi connectivity index (χ4v) is 4.39. The van der Waals surface area contributed by atoms with Gasteiger partial charge in [-0.3, -0.25) is 4.79 Å². The van der Waals surface area contributed by atoms with E-state index in [0.29, 0.717) is 46.5 Å². The lowest BCUT2D eigenvalue weighted by Crippen LogP contribution is -2.23. The van der Waals surface area contributed by atoms with Gasteiger partial charge in [-0.2, -0.15) is 0 Å². The summed E-state index contributed by atoms with van der Waals surface area (Å²) in [4.78, 5) is 26.8.